The standard InChI is InChI=1S/C18H16BrN3O4S/c1-11(16(23)20-13-5-3-12(19)4-6-13)27-17-18(24)26-21-22(17)14-7-9-15(25-2)10-8-14/h3-11H,1-2H3,(H-,20,21,23,24)/p+1. The summed E-state index contributed by atoms with van der Waals surface area (Å²) in [4.78, 5) is 24.5. The van der Waals surface area contributed by atoms with Crippen LogP contribution in [0.4, 0.5) is 5.69 Å². The Hall–Kier alpha value is -2.52. The average Bonchev–Trinajstić information content (AvgIpc) is 3.04. The molecule has 0 fully saturated rings. The molecule has 1 amide bonds. The number of amides is 1. The van der Waals surface area contributed by atoms with E-state index in [0.717, 1.165) is 16.2 Å². The molecule has 0 aliphatic carbocycles. The minimum Gasteiger partial charge on any atom is -0.497 e. The number of benzene rings is 2. The molecule has 0 radical (unpaired) electrons. The van der Waals surface area contributed by atoms with Crippen LogP contribution in [0, 0.1) is 0 Å². The number of anilines is 1. The fourth-order valence-corrected chi connectivity index (χ4v) is 3.41. The number of rotatable bonds is 6. The van der Waals surface area contributed by atoms with Crippen LogP contribution in [0.15, 0.2) is 67.3 Å². The zero-order chi connectivity index (χ0) is 19.4. The molecule has 0 bridgehead atoms. The summed E-state index contributed by atoms with van der Waals surface area (Å²) in [5.74, 6) is 0.478. The topological polar surface area (TPSA) is 88.2 Å². The second-order valence-corrected chi connectivity index (χ2v) is 7.82. The van der Waals surface area contributed by atoms with Gasteiger partial charge in [-0.2, -0.15) is 0 Å². The molecule has 1 aromatic heterocycles. The van der Waals surface area contributed by atoms with Crippen LogP contribution in [0.2, 0.25) is 0 Å². The number of nitrogens with zero attached hydrogens (tertiary/aromatic N) is 1. The number of ether oxygens (including phenoxy) is 1. The number of nitrogens with one attached hydrogen (secondary N) is 2. The van der Waals surface area contributed by atoms with E-state index < -0.39 is 10.9 Å². The van der Waals surface area contributed by atoms with Gasteiger partial charge in [-0.3, -0.25) is 9.32 Å². The number of thioether (sulfide) groups is 1. The average molecular weight is 451 g/mol. The number of halogens is 1. The Bertz CT molecular complexity index is 983. The molecule has 3 rings (SSSR count). The number of aromatic nitrogens is 2. The third-order valence-electron chi connectivity index (χ3n) is 3.71. The van der Waals surface area contributed by atoms with E-state index in [-0.39, 0.29) is 10.9 Å². The minimum absolute atomic E-state index is 0.218. The van der Waals surface area contributed by atoms with Gasteiger partial charge in [-0.1, -0.05) is 15.9 Å². The molecule has 0 spiro atoms. The minimum atomic E-state index is -0.542. The lowest BCUT2D eigenvalue weighted by atomic mass is 10.3. The molecule has 0 saturated heterocycles. The number of carbonyl (C=O) groups is 1. The Morgan fingerprint density at radius 3 is 2.52 bits per heavy atom. The van der Waals surface area contributed by atoms with Gasteiger partial charge >= 0.3 is 10.7 Å². The smallest absolute Gasteiger partial charge is 0.442 e. The van der Waals surface area contributed by atoms with E-state index in [0.29, 0.717) is 17.1 Å². The van der Waals surface area contributed by atoms with Crippen molar-refractivity contribution in [2.45, 2.75) is 17.2 Å². The molecule has 7 nitrogen and oxygen atoms in total. The first kappa shape index (κ1) is 19.2. The van der Waals surface area contributed by atoms with Gasteiger partial charge in [-0.05, 0) is 65.0 Å². The molecule has 1 atom stereocenters. The van der Waals surface area contributed by atoms with Gasteiger partial charge in [-0.25, -0.2) is 4.79 Å². The zero-order valence-electron chi connectivity index (χ0n) is 14.6. The van der Waals surface area contributed by atoms with Crippen molar-refractivity contribution in [3.8, 4) is 11.4 Å². The number of methoxy groups -OCH3 is 1. The summed E-state index contributed by atoms with van der Waals surface area (Å²) in [6, 6.07) is 14.4. The van der Waals surface area contributed by atoms with Gasteiger partial charge in [0.1, 0.15) is 5.75 Å². The van der Waals surface area contributed by atoms with E-state index in [1.165, 1.54) is 4.68 Å². The number of aromatic amines is 1. The van der Waals surface area contributed by atoms with Crippen LogP contribution < -0.4 is 20.4 Å². The van der Waals surface area contributed by atoms with Crippen LogP contribution in [0.3, 0.4) is 0 Å². The van der Waals surface area contributed by atoms with Gasteiger partial charge in [0.2, 0.25) is 11.6 Å². The first-order chi connectivity index (χ1) is 13.0. The molecule has 2 aromatic carbocycles. The molecule has 0 aliphatic rings. The molecule has 27 heavy (non-hydrogen) atoms. The van der Waals surface area contributed by atoms with Crippen molar-refractivity contribution in [1.82, 2.24) is 5.27 Å². The molecular weight excluding hydrogens is 434 g/mol. The van der Waals surface area contributed by atoms with Crippen molar-refractivity contribution in [3.63, 3.8) is 0 Å². The molecule has 1 heterocycles. The highest BCUT2D eigenvalue weighted by Gasteiger charge is 2.29. The maximum atomic E-state index is 12.5. The Morgan fingerprint density at radius 2 is 1.89 bits per heavy atom. The van der Waals surface area contributed by atoms with Crippen molar-refractivity contribution < 1.29 is 18.7 Å². The van der Waals surface area contributed by atoms with E-state index >= 15 is 0 Å². The Labute approximate surface area is 167 Å². The summed E-state index contributed by atoms with van der Waals surface area (Å²) in [7, 11) is 1.58. The molecule has 1 unspecified atom stereocenters. The maximum absolute atomic E-state index is 12.5. The third-order valence-corrected chi connectivity index (χ3v) is 5.38. The highest BCUT2D eigenvalue weighted by Crippen LogP contribution is 2.21. The second-order valence-electron chi connectivity index (χ2n) is 5.58. The van der Waals surface area contributed by atoms with Crippen molar-refractivity contribution in [3.05, 3.63) is 63.4 Å². The van der Waals surface area contributed by atoms with Crippen molar-refractivity contribution in [1.29, 1.82) is 0 Å². The maximum Gasteiger partial charge on any atom is 0.442 e. The first-order valence-electron chi connectivity index (χ1n) is 7.99. The molecule has 3 aromatic rings. The number of hydrogen-bond donors (Lipinski definition) is 2. The SMILES string of the molecule is COc1ccc(-[n+]2[nH]oc(=O)c2SC(C)C(=O)Nc2ccc(Br)cc2)cc1. The summed E-state index contributed by atoms with van der Waals surface area (Å²) >= 11 is 4.46. The Balaban J connectivity index is 1.76. The third kappa shape index (κ3) is 4.61. The van der Waals surface area contributed by atoms with Crippen LogP contribution >= 0.6 is 27.7 Å². The monoisotopic (exact) mass is 450 g/mol. The van der Waals surface area contributed by atoms with Crippen molar-refractivity contribution >= 4 is 39.3 Å². The van der Waals surface area contributed by atoms with Crippen molar-refractivity contribution in [2.24, 2.45) is 0 Å². The largest absolute Gasteiger partial charge is 0.497 e. The fourth-order valence-electron chi connectivity index (χ4n) is 2.26. The number of H-pyrrole nitrogens is 1. The summed E-state index contributed by atoms with van der Waals surface area (Å²) in [6.07, 6.45) is 0. The molecule has 0 aliphatic heterocycles. The van der Waals surface area contributed by atoms with Crippen LogP contribution in [0.25, 0.3) is 5.69 Å². The van der Waals surface area contributed by atoms with Gasteiger partial charge in [0, 0.05) is 22.3 Å². The normalized spacial score (nSPS) is 11.8. The van der Waals surface area contributed by atoms with Crippen molar-refractivity contribution in [2.75, 3.05) is 12.4 Å². The molecule has 9 heteroatoms. The van der Waals surface area contributed by atoms with Crippen LogP contribution in [-0.2, 0) is 4.79 Å². The van der Waals surface area contributed by atoms with Gasteiger partial charge in [-0.15, -0.1) is 0 Å². The Morgan fingerprint density at radius 1 is 1.22 bits per heavy atom. The second kappa shape index (κ2) is 8.45. The summed E-state index contributed by atoms with van der Waals surface area (Å²) in [6.45, 7) is 1.73. The zero-order valence-corrected chi connectivity index (χ0v) is 17.0. The van der Waals surface area contributed by atoms with Gasteiger partial charge in [0.15, 0.2) is 0 Å². The summed E-state index contributed by atoms with van der Waals surface area (Å²) in [5.41, 5.74) is 0.823. The highest BCUT2D eigenvalue weighted by atomic mass is 79.9. The van der Waals surface area contributed by atoms with Crippen LogP contribution in [0.1, 0.15) is 6.92 Å². The van der Waals surface area contributed by atoms with E-state index in [2.05, 4.69) is 26.5 Å². The lowest BCUT2D eigenvalue weighted by Gasteiger charge is -2.09. The lowest BCUT2D eigenvalue weighted by molar-refractivity contribution is -0.704. The predicted molar refractivity (Wildman–Crippen MR) is 106 cm³/mol. The Kier molecular flexibility index (Phi) is 6.02. The lowest BCUT2D eigenvalue weighted by Crippen LogP contribution is -2.37. The van der Waals surface area contributed by atoms with Gasteiger partial charge in [0.25, 0.3) is 0 Å². The molecular formula is C18H17BrN3O4S+. The van der Waals surface area contributed by atoms with Gasteiger partial charge in [0.05, 0.1) is 12.4 Å². The predicted octanol–water partition coefficient (Wildman–Crippen LogP) is 3.14. The molecule has 140 valence electrons. The quantitative estimate of drug-likeness (QED) is 0.444. The first-order valence-corrected chi connectivity index (χ1v) is 9.66. The van der Waals surface area contributed by atoms with E-state index in [9.17, 15) is 9.59 Å². The highest BCUT2D eigenvalue weighted by molar-refractivity contribution is 9.10. The van der Waals surface area contributed by atoms with E-state index in [1.54, 1.807) is 50.4 Å². The van der Waals surface area contributed by atoms with Crippen LogP contribution in [-0.4, -0.2) is 23.5 Å². The molecule has 2 N–H and O–H groups in total. The fraction of sp³-hybridized carbons (Fsp3) is 0.167. The van der Waals surface area contributed by atoms with E-state index in [1.807, 2.05) is 12.1 Å². The number of hydrogen-bond acceptors (Lipinski definition) is 5. The van der Waals surface area contributed by atoms with Gasteiger partial charge < -0.3 is 10.1 Å². The summed E-state index contributed by atoms with van der Waals surface area (Å²) in [5, 5.41) is 5.14. The number of carbonyl (C=O) groups excluding carboxylic acids is 1. The summed E-state index contributed by atoms with van der Waals surface area (Å²) < 4.78 is 12.5. The van der Waals surface area contributed by atoms with Crippen LogP contribution in [0.5, 0.6) is 5.75 Å². The molecule has 0 saturated carbocycles. The van der Waals surface area contributed by atoms with E-state index in [4.69, 9.17) is 9.26 Å².